The Bertz CT molecular complexity index is 587. The van der Waals surface area contributed by atoms with Gasteiger partial charge < -0.3 is 9.30 Å². The summed E-state index contributed by atoms with van der Waals surface area (Å²) in [4.78, 5) is 0. The number of fused-ring (bicyclic) bond motifs is 1. The Kier molecular flexibility index (Phi) is 3.76. The van der Waals surface area contributed by atoms with Crippen LogP contribution in [-0.4, -0.2) is 16.6 Å². The molecule has 0 saturated carbocycles. The molecule has 2 aromatic rings. The van der Waals surface area contributed by atoms with E-state index in [1.54, 1.807) is 0 Å². The molecule has 0 aliphatic carbocycles. The van der Waals surface area contributed by atoms with Gasteiger partial charge in [-0.1, -0.05) is 22.0 Å². The van der Waals surface area contributed by atoms with E-state index in [2.05, 4.69) is 38.8 Å². The first-order valence-corrected chi connectivity index (χ1v) is 6.74. The van der Waals surface area contributed by atoms with Gasteiger partial charge in [-0.15, -0.1) is 0 Å². The summed E-state index contributed by atoms with van der Waals surface area (Å²) >= 11 is 3.48. The normalized spacial score (nSPS) is 11.2. The Balaban J connectivity index is 2.32. The number of nitrogens with one attached hydrogen (secondary N) is 1. The van der Waals surface area contributed by atoms with Gasteiger partial charge in [0.05, 0.1) is 12.5 Å². The predicted molar refractivity (Wildman–Crippen MR) is 78.3 cm³/mol. The smallest absolute Gasteiger partial charge is 0.185 e. The molecule has 0 atom stereocenters. The van der Waals surface area contributed by atoms with E-state index in [0.29, 0.717) is 12.3 Å². The standard InChI is InChI=1S/C14H17BrN2O/c1-9(2)18-14(16)6-10-8-17(3)13-7-11(15)4-5-12(10)13/h4-5,7-9,16H,6H2,1-3H3. The Hall–Kier alpha value is -1.29. The van der Waals surface area contributed by atoms with Crippen molar-refractivity contribution in [2.24, 2.45) is 7.05 Å². The maximum Gasteiger partial charge on any atom is 0.185 e. The van der Waals surface area contributed by atoms with E-state index in [1.807, 2.05) is 27.0 Å². The van der Waals surface area contributed by atoms with Crippen LogP contribution in [0, 0.1) is 5.41 Å². The number of ether oxygens (including phenoxy) is 1. The van der Waals surface area contributed by atoms with E-state index in [4.69, 9.17) is 10.1 Å². The lowest BCUT2D eigenvalue weighted by molar-refractivity contribution is 0.221. The Morgan fingerprint density at radius 3 is 2.83 bits per heavy atom. The maximum absolute atomic E-state index is 7.84. The second-order valence-corrected chi connectivity index (χ2v) is 5.61. The summed E-state index contributed by atoms with van der Waals surface area (Å²) < 4.78 is 8.55. The Morgan fingerprint density at radius 1 is 1.44 bits per heavy atom. The highest BCUT2D eigenvalue weighted by atomic mass is 79.9. The first kappa shape index (κ1) is 13.1. The van der Waals surface area contributed by atoms with Gasteiger partial charge >= 0.3 is 0 Å². The number of nitrogens with zero attached hydrogens (tertiary/aromatic N) is 1. The first-order chi connectivity index (χ1) is 8.47. The van der Waals surface area contributed by atoms with Crippen LogP contribution < -0.4 is 0 Å². The molecule has 1 aromatic carbocycles. The van der Waals surface area contributed by atoms with Gasteiger partial charge in [-0.2, -0.15) is 0 Å². The van der Waals surface area contributed by atoms with Gasteiger partial charge in [0.1, 0.15) is 0 Å². The summed E-state index contributed by atoms with van der Waals surface area (Å²) in [5, 5.41) is 9.02. The van der Waals surface area contributed by atoms with E-state index in [9.17, 15) is 0 Å². The molecule has 3 nitrogen and oxygen atoms in total. The molecule has 0 bridgehead atoms. The molecule has 0 fully saturated rings. The zero-order valence-corrected chi connectivity index (χ0v) is 12.4. The predicted octanol–water partition coefficient (Wildman–Crippen LogP) is 3.89. The zero-order chi connectivity index (χ0) is 13.3. The average molecular weight is 309 g/mol. The minimum atomic E-state index is 0.0571. The van der Waals surface area contributed by atoms with Crippen LogP contribution in [0.15, 0.2) is 28.9 Å². The van der Waals surface area contributed by atoms with Crippen LogP contribution in [-0.2, 0) is 18.2 Å². The second-order valence-electron chi connectivity index (χ2n) is 4.69. The minimum absolute atomic E-state index is 0.0571. The van der Waals surface area contributed by atoms with Crippen molar-refractivity contribution >= 4 is 32.7 Å². The lowest BCUT2D eigenvalue weighted by Crippen LogP contribution is -2.12. The van der Waals surface area contributed by atoms with Crippen molar-refractivity contribution < 1.29 is 4.74 Å². The van der Waals surface area contributed by atoms with Gasteiger partial charge in [-0.25, -0.2) is 0 Å². The lowest BCUT2D eigenvalue weighted by atomic mass is 10.1. The molecular weight excluding hydrogens is 292 g/mol. The van der Waals surface area contributed by atoms with E-state index >= 15 is 0 Å². The number of halogens is 1. The molecule has 0 spiro atoms. The molecule has 0 radical (unpaired) electrons. The van der Waals surface area contributed by atoms with Gasteiger partial charge in [-0.3, -0.25) is 5.41 Å². The third-order valence-electron chi connectivity index (χ3n) is 2.76. The monoisotopic (exact) mass is 308 g/mol. The van der Waals surface area contributed by atoms with Gasteiger partial charge in [0, 0.05) is 28.6 Å². The third-order valence-corrected chi connectivity index (χ3v) is 3.26. The van der Waals surface area contributed by atoms with Crippen LogP contribution in [0.5, 0.6) is 0 Å². The molecule has 1 N–H and O–H groups in total. The molecule has 0 saturated heterocycles. The van der Waals surface area contributed by atoms with Gasteiger partial charge in [0.2, 0.25) is 0 Å². The fourth-order valence-corrected chi connectivity index (χ4v) is 2.43. The summed E-state index contributed by atoms with van der Waals surface area (Å²) in [6.07, 6.45) is 2.66. The number of hydrogen-bond acceptors (Lipinski definition) is 2. The van der Waals surface area contributed by atoms with Crippen molar-refractivity contribution in [1.82, 2.24) is 4.57 Å². The van der Waals surface area contributed by atoms with Crippen LogP contribution in [0.3, 0.4) is 0 Å². The van der Waals surface area contributed by atoms with Crippen molar-refractivity contribution in [3.05, 3.63) is 34.4 Å². The highest BCUT2D eigenvalue weighted by molar-refractivity contribution is 9.10. The van der Waals surface area contributed by atoms with Crippen LogP contribution in [0.1, 0.15) is 19.4 Å². The largest absolute Gasteiger partial charge is 0.478 e. The molecule has 2 rings (SSSR count). The lowest BCUT2D eigenvalue weighted by Gasteiger charge is -2.09. The Labute approximate surface area is 115 Å². The molecule has 96 valence electrons. The Morgan fingerprint density at radius 2 is 2.17 bits per heavy atom. The van der Waals surface area contributed by atoms with E-state index in [0.717, 1.165) is 15.6 Å². The molecule has 1 aromatic heterocycles. The minimum Gasteiger partial charge on any atom is -0.478 e. The zero-order valence-electron chi connectivity index (χ0n) is 10.8. The molecular formula is C14H17BrN2O. The third kappa shape index (κ3) is 2.75. The molecule has 18 heavy (non-hydrogen) atoms. The summed E-state index contributed by atoms with van der Waals surface area (Å²) in [5.74, 6) is 0.320. The van der Waals surface area contributed by atoms with Crippen LogP contribution in [0.2, 0.25) is 0 Å². The maximum atomic E-state index is 7.84. The molecule has 0 unspecified atom stereocenters. The number of aryl methyl sites for hydroxylation is 1. The highest BCUT2D eigenvalue weighted by Crippen LogP contribution is 2.25. The molecule has 1 heterocycles. The van der Waals surface area contributed by atoms with E-state index < -0.39 is 0 Å². The van der Waals surface area contributed by atoms with Crippen LogP contribution in [0.4, 0.5) is 0 Å². The van der Waals surface area contributed by atoms with E-state index in [-0.39, 0.29) is 6.10 Å². The van der Waals surface area contributed by atoms with Gasteiger partial charge in [0.15, 0.2) is 5.90 Å². The van der Waals surface area contributed by atoms with Crippen molar-refractivity contribution in [2.75, 3.05) is 0 Å². The van der Waals surface area contributed by atoms with Gasteiger partial charge in [0.25, 0.3) is 0 Å². The van der Waals surface area contributed by atoms with Crippen molar-refractivity contribution in [1.29, 1.82) is 5.41 Å². The second kappa shape index (κ2) is 5.14. The average Bonchev–Trinajstić information content (AvgIpc) is 2.54. The van der Waals surface area contributed by atoms with Crippen molar-refractivity contribution in [3.8, 4) is 0 Å². The summed E-state index contributed by atoms with van der Waals surface area (Å²) in [6, 6.07) is 6.20. The SMILES string of the molecule is CC(C)OC(=N)Cc1cn(C)c2cc(Br)ccc12. The summed E-state index contributed by atoms with van der Waals surface area (Å²) in [5.41, 5.74) is 2.29. The van der Waals surface area contributed by atoms with Crippen molar-refractivity contribution in [2.45, 2.75) is 26.4 Å². The summed E-state index contributed by atoms with van der Waals surface area (Å²) in [6.45, 7) is 3.88. The first-order valence-electron chi connectivity index (χ1n) is 5.95. The van der Waals surface area contributed by atoms with Crippen LogP contribution >= 0.6 is 15.9 Å². The molecule has 0 aliphatic rings. The van der Waals surface area contributed by atoms with E-state index in [1.165, 1.54) is 5.39 Å². The number of benzene rings is 1. The number of rotatable bonds is 3. The fourth-order valence-electron chi connectivity index (χ4n) is 2.08. The molecule has 4 heteroatoms. The van der Waals surface area contributed by atoms with Gasteiger partial charge in [-0.05, 0) is 31.5 Å². The van der Waals surface area contributed by atoms with Crippen molar-refractivity contribution in [3.63, 3.8) is 0 Å². The molecule has 0 amide bonds. The number of hydrogen-bond donors (Lipinski definition) is 1. The number of aromatic nitrogens is 1. The fraction of sp³-hybridized carbons (Fsp3) is 0.357. The molecule has 0 aliphatic heterocycles. The van der Waals surface area contributed by atoms with Crippen LogP contribution in [0.25, 0.3) is 10.9 Å². The quantitative estimate of drug-likeness (QED) is 0.678. The topological polar surface area (TPSA) is 38.0 Å². The highest BCUT2D eigenvalue weighted by Gasteiger charge is 2.10. The summed E-state index contributed by atoms with van der Waals surface area (Å²) in [7, 11) is 2.02.